The van der Waals surface area contributed by atoms with Crippen LogP contribution in [0.15, 0.2) is 47.1 Å². The van der Waals surface area contributed by atoms with Crippen molar-refractivity contribution in [3.05, 3.63) is 70.0 Å². The molecule has 1 fully saturated rings. The van der Waals surface area contributed by atoms with Gasteiger partial charge in [-0.1, -0.05) is 23.7 Å². The zero-order chi connectivity index (χ0) is 20.7. The van der Waals surface area contributed by atoms with Gasteiger partial charge in [0, 0.05) is 22.0 Å². The van der Waals surface area contributed by atoms with E-state index >= 15 is 0 Å². The van der Waals surface area contributed by atoms with E-state index in [-0.39, 0.29) is 12.2 Å². The summed E-state index contributed by atoms with van der Waals surface area (Å²) in [6, 6.07) is 6.23. The number of hydrogen-bond acceptors (Lipinski definition) is 3. The van der Waals surface area contributed by atoms with E-state index in [1.807, 2.05) is 12.3 Å². The number of imide groups is 1. The lowest BCUT2D eigenvalue weighted by atomic mass is 10.1. The number of halogens is 3. The highest BCUT2D eigenvalue weighted by Crippen LogP contribution is 2.34. The minimum Gasteiger partial charge on any atom is -0.360 e. The molecule has 0 bridgehead atoms. The number of carbonyl (C=O) groups is 2. The van der Waals surface area contributed by atoms with E-state index in [0.29, 0.717) is 16.1 Å². The van der Waals surface area contributed by atoms with Crippen LogP contribution in [0.4, 0.5) is 13.6 Å². The van der Waals surface area contributed by atoms with Crippen molar-refractivity contribution < 1.29 is 18.4 Å². The third-order valence-electron chi connectivity index (χ3n) is 4.58. The van der Waals surface area contributed by atoms with Gasteiger partial charge in [0.25, 0.3) is 5.91 Å². The summed E-state index contributed by atoms with van der Waals surface area (Å²) in [5.74, 6) is -2.57. The Morgan fingerprint density at radius 2 is 1.97 bits per heavy atom. The second-order valence-electron chi connectivity index (χ2n) is 6.38. The van der Waals surface area contributed by atoms with Crippen molar-refractivity contribution in [3.63, 3.8) is 0 Å². The minimum atomic E-state index is -1.03. The maximum atomic E-state index is 13.4. The molecule has 2 heterocycles. The largest absolute Gasteiger partial charge is 0.360 e. The van der Waals surface area contributed by atoms with E-state index in [4.69, 9.17) is 11.6 Å². The molecule has 0 aliphatic carbocycles. The van der Waals surface area contributed by atoms with Gasteiger partial charge in [-0.05, 0) is 36.1 Å². The number of benzene rings is 2. The van der Waals surface area contributed by atoms with E-state index in [9.17, 15) is 18.4 Å². The summed E-state index contributed by atoms with van der Waals surface area (Å²) in [6.45, 7) is -0.167. The van der Waals surface area contributed by atoms with Gasteiger partial charge in [-0.25, -0.2) is 13.6 Å². The average molecular weight is 434 g/mol. The van der Waals surface area contributed by atoms with Gasteiger partial charge in [-0.3, -0.25) is 9.69 Å². The molecule has 5 nitrogen and oxygen atoms in total. The van der Waals surface area contributed by atoms with Crippen molar-refractivity contribution in [1.29, 1.82) is 0 Å². The van der Waals surface area contributed by atoms with E-state index in [2.05, 4.69) is 10.3 Å². The van der Waals surface area contributed by atoms with E-state index in [1.165, 1.54) is 17.8 Å². The van der Waals surface area contributed by atoms with Gasteiger partial charge in [0.2, 0.25) is 0 Å². The third kappa shape index (κ3) is 3.49. The van der Waals surface area contributed by atoms with Gasteiger partial charge in [0.1, 0.15) is 5.70 Å². The molecule has 1 aliphatic rings. The van der Waals surface area contributed by atoms with Crippen LogP contribution in [0, 0.1) is 11.6 Å². The number of nitrogens with zero attached hydrogens (tertiary/aromatic N) is 1. The lowest BCUT2D eigenvalue weighted by molar-refractivity contribution is -0.123. The number of carbonyl (C=O) groups excluding carboxylic acids is 2. The number of amides is 3. The van der Waals surface area contributed by atoms with Gasteiger partial charge >= 0.3 is 6.03 Å². The lowest BCUT2D eigenvalue weighted by Gasteiger charge is -2.11. The zero-order valence-corrected chi connectivity index (χ0v) is 16.6. The standard InChI is InChI=1S/C20H14ClF2N3O2S/c1-29-18-13(21)4-3-12-11(8-24-17(12)18)7-16-19(27)26(20(28)25-16)9-10-2-5-14(22)15(23)6-10/h2-8,24H,9H2,1H3,(H,25,28). The molecule has 0 saturated carbocycles. The number of rotatable bonds is 4. The predicted molar refractivity (Wildman–Crippen MR) is 109 cm³/mol. The Balaban J connectivity index is 1.64. The Morgan fingerprint density at radius 3 is 2.69 bits per heavy atom. The van der Waals surface area contributed by atoms with E-state index in [0.717, 1.165) is 32.8 Å². The molecule has 2 aromatic carbocycles. The van der Waals surface area contributed by atoms with Crippen LogP contribution in [-0.2, 0) is 11.3 Å². The van der Waals surface area contributed by atoms with E-state index < -0.39 is 23.6 Å². The Hall–Kier alpha value is -2.84. The third-order valence-corrected chi connectivity index (χ3v) is 5.84. The number of fused-ring (bicyclic) bond motifs is 1. The molecule has 0 atom stereocenters. The van der Waals surface area contributed by atoms with Crippen molar-refractivity contribution in [2.24, 2.45) is 0 Å². The van der Waals surface area contributed by atoms with Crippen LogP contribution >= 0.6 is 23.4 Å². The van der Waals surface area contributed by atoms with Crippen LogP contribution in [0.1, 0.15) is 11.1 Å². The summed E-state index contributed by atoms with van der Waals surface area (Å²) >= 11 is 7.72. The van der Waals surface area contributed by atoms with Crippen molar-refractivity contribution in [2.45, 2.75) is 11.4 Å². The first-order chi connectivity index (χ1) is 13.9. The number of H-pyrrole nitrogens is 1. The molecule has 2 N–H and O–H groups in total. The first kappa shape index (κ1) is 19.5. The number of hydrogen-bond donors (Lipinski definition) is 2. The van der Waals surface area contributed by atoms with Gasteiger partial charge in [-0.2, -0.15) is 0 Å². The molecule has 29 heavy (non-hydrogen) atoms. The van der Waals surface area contributed by atoms with Crippen molar-refractivity contribution in [3.8, 4) is 0 Å². The minimum absolute atomic E-state index is 0.0964. The summed E-state index contributed by atoms with van der Waals surface area (Å²) in [5.41, 5.74) is 1.96. The molecule has 0 spiro atoms. The molecule has 0 unspecified atom stereocenters. The second-order valence-corrected chi connectivity index (χ2v) is 7.60. The Labute approximate surface area is 173 Å². The fraction of sp³-hybridized carbons (Fsp3) is 0.100. The summed E-state index contributed by atoms with van der Waals surface area (Å²) in [6.07, 6.45) is 5.21. The highest BCUT2D eigenvalue weighted by molar-refractivity contribution is 7.99. The monoisotopic (exact) mass is 433 g/mol. The summed E-state index contributed by atoms with van der Waals surface area (Å²) in [4.78, 5) is 29.9. The fourth-order valence-electron chi connectivity index (χ4n) is 3.18. The maximum Gasteiger partial charge on any atom is 0.329 e. The van der Waals surface area contributed by atoms with Crippen molar-refractivity contribution >= 4 is 52.3 Å². The number of nitrogens with one attached hydrogen (secondary N) is 2. The average Bonchev–Trinajstić information content (AvgIpc) is 3.21. The predicted octanol–water partition coefficient (Wildman–Crippen LogP) is 4.91. The topological polar surface area (TPSA) is 65.2 Å². The molecule has 0 radical (unpaired) electrons. The molecule has 4 rings (SSSR count). The maximum absolute atomic E-state index is 13.4. The number of aromatic amines is 1. The molecule has 3 amide bonds. The Kier molecular flexibility index (Phi) is 5.06. The molecule has 3 aromatic rings. The molecule has 148 valence electrons. The first-order valence-corrected chi connectivity index (χ1v) is 10.1. The second kappa shape index (κ2) is 7.53. The van der Waals surface area contributed by atoms with Gasteiger partial charge in [-0.15, -0.1) is 11.8 Å². The van der Waals surface area contributed by atoms with Crippen LogP contribution < -0.4 is 5.32 Å². The highest BCUT2D eigenvalue weighted by atomic mass is 35.5. The summed E-state index contributed by atoms with van der Waals surface area (Å²) in [7, 11) is 0. The zero-order valence-electron chi connectivity index (χ0n) is 15.1. The van der Waals surface area contributed by atoms with E-state index in [1.54, 1.807) is 18.3 Å². The smallest absolute Gasteiger partial charge is 0.329 e. The van der Waals surface area contributed by atoms with Crippen LogP contribution in [0.3, 0.4) is 0 Å². The summed E-state index contributed by atoms with van der Waals surface area (Å²) in [5, 5.41) is 4.00. The molecule has 9 heteroatoms. The van der Waals surface area contributed by atoms with Crippen LogP contribution in [0.5, 0.6) is 0 Å². The number of urea groups is 1. The molecular weight excluding hydrogens is 420 g/mol. The van der Waals surface area contributed by atoms with Crippen molar-refractivity contribution in [1.82, 2.24) is 15.2 Å². The van der Waals surface area contributed by atoms with Crippen LogP contribution in [0.25, 0.3) is 17.0 Å². The highest BCUT2D eigenvalue weighted by Gasteiger charge is 2.33. The van der Waals surface area contributed by atoms with Gasteiger partial charge in [0.05, 0.1) is 17.1 Å². The first-order valence-electron chi connectivity index (χ1n) is 8.51. The van der Waals surface area contributed by atoms with Crippen LogP contribution in [0.2, 0.25) is 5.02 Å². The lowest BCUT2D eigenvalue weighted by Crippen LogP contribution is -2.30. The number of aromatic nitrogens is 1. The molecule has 1 aliphatic heterocycles. The summed E-state index contributed by atoms with van der Waals surface area (Å²) < 4.78 is 26.5. The molecule has 1 aromatic heterocycles. The number of thioether (sulfide) groups is 1. The quantitative estimate of drug-likeness (QED) is 0.349. The van der Waals surface area contributed by atoms with Gasteiger partial charge in [0.15, 0.2) is 11.6 Å². The SMILES string of the molecule is CSc1c(Cl)ccc2c(C=C3NC(=O)N(Cc4ccc(F)c(F)c4)C3=O)c[nH]c12. The van der Waals surface area contributed by atoms with Gasteiger partial charge < -0.3 is 10.3 Å². The Bertz CT molecular complexity index is 1190. The fourth-order valence-corrected chi connectivity index (χ4v) is 4.20. The Morgan fingerprint density at radius 1 is 1.17 bits per heavy atom. The van der Waals surface area contributed by atoms with Crippen LogP contribution in [-0.4, -0.2) is 28.1 Å². The normalized spacial score (nSPS) is 15.6. The van der Waals surface area contributed by atoms with Crippen molar-refractivity contribution in [2.75, 3.05) is 6.26 Å². The molecule has 1 saturated heterocycles. The molecular formula is C20H14ClF2N3O2S.